The molecule has 2 rings (SSSR count). The average Bonchev–Trinajstić information content (AvgIpc) is 2.84. The van der Waals surface area contributed by atoms with E-state index in [-0.39, 0.29) is 0 Å². The van der Waals surface area contributed by atoms with E-state index < -0.39 is 0 Å². The summed E-state index contributed by atoms with van der Waals surface area (Å²) >= 11 is 0. The van der Waals surface area contributed by atoms with E-state index in [2.05, 4.69) is 28.8 Å². The Morgan fingerprint density at radius 2 is 2.38 bits per heavy atom. The highest BCUT2D eigenvalue weighted by Gasteiger charge is 2.24. The van der Waals surface area contributed by atoms with Crippen molar-refractivity contribution >= 4 is 0 Å². The fraction of sp³-hybridized carbons (Fsp3) is 0.538. The zero-order valence-corrected chi connectivity index (χ0v) is 9.99. The Morgan fingerprint density at radius 1 is 1.50 bits per heavy atom. The smallest absolute Gasteiger partial charge is 0.119 e. The van der Waals surface area contributed by atoms with Gasteiger partial charge in [0, 0.05) is 6.04 Å². The van der Waals surface area contributed by atoms with Gasteiger partial charge in [-0.1, -0.05) is 12.1 Å². The summed E-state index contributed by atoms with van der Waals surface area (Å²) in [6.45, 7) is 2.23. The van der Waals surface area contributed by atoms with Gasteiger partial charge in [0.2, 0.25) is 0 Å². The molecule has 88 valence electrons. The molecule has 1 aromatic rings. The minimum atomic E-state index is 0.421. The third-order valence-corrected chi connectivity index (χ3v) is 3.33. The van der Waals surface area contributed by atoms with Gasteiger partial charge in [-0.2, -0.15) is 0 Å². The van der Waals surface area contributed by atoms with Gasteiger partial charge in [-0.25, -0.2) is 0 Å². The Morgan fingerprint density at radius 3 is 3.00 bits per heavy atom. The average molecular weight is 220 g/mol. The van der Waals surface area contributed by atoms with Gasteiger partial charge in [0.1, 0.15) is 5.75 Å². The SMILES string of the molecule is CNC(c1cccc(OC)c1)C1CCNC1. The van der Waals surface area contributed by atoms with Gasteiger partial charge in [0.05, 0.1) is 7.11 Å². The molecule has 0 radical (unpaired) electrons. The van der Waals surface area contributed by atoms with Crippen LogP contribution >= 0.6 is 0 Å². The lowest BCUT2D eigenvalue weighted by Gasteiger charge is -2.23. The Bertz CT molecular complexity index is 334. The lowest BCUT2D eigenvalue weighted by atomic mass is 9.92. The van der Waals surface area contributed by atoms with E-state index in [4.69, 9.17) is 4.74 Å². The maximum Gasteiger partial charge on any atom is 0.119 e. The van der Waals surface area contributed by atoms with E-state index >= 15 is 0 Å². The molecule has 0 saturated carbocycles. The number of hydrogen-bond donors (Lipinski definition) is 2. The molecule has 3 nitrogen and oxygen atoms in total. The van der Waals surface area contributed by atoms with E-state index in [1.165, 1.54) is 12.0 Å². The van der Waals surface area contributed by atoms with Gasteiger partial charge in [-0.05, 0) is 50.2 Å². The van der Waals surface area contributed by atoms with Gasteiger partial charge in [0.25, 0.3) is 0 Å². The Labute approximate surface area is 97.2 Å². The van der Waals surface area contributed by atoms with Crippen molar-refractivity contribution in [3.05, 3.63) is 29.8 Å². The molecule has 1 aliphatic heterocycles. The van der Waals surface area contributed by atoms with E-state index in [9.17, 15) is 0 Å². The van der Waals surface area contributed by atoms with Crippen molar-refractivity contribution in [2.24, 2.45) is 5.92 Å². The molecule has 2 N–H and O–H groups in total. The van der Waals surface area contributed by atoms with Crippen LogP contribution in [0.3, 0.4) is 0 Å². The van der Waals surface area contributed by atoms with Crippen LogP contribution in [0.4, 0.5) is 0 Å². The highest BCUT2D eigenvalue weighted by molar-refractivity contribution is 5.31. The topological polar surface area (TPSA) is 33.3 Å². The van der Waals surface area contributed by atoms with Crippen LogP contribution in [-0.2, 0) is 0 Å². The quantitative estimate of drug-likeness (QED) is 0.808. The van der Waals surface area contributed by atoms with Crippen LogP contribution in [0.25, 0.3) is 0 Å². The van der Waals surface area contributed by atoms with Crippen LogP contribution in [0.2, 0.25) is 0 Å². The first-order chi connectivity index (χ1) is 7.85. The van der Waals surface area contributed by atoms with E-state index in [1.807, 2.05) is 13.1 Å². The first kappa shape index (κ1) is 11.4. The summed E-state index contributed by atoms with van der Waals surface area (Å²) in [4.78, 5) is 0. The minimum Gasteiger partial charge on any atom is -0.497 e. The van der Waals surface area contributed by atoms with Gasteiger partial charge in [-0.15, -0.1) is 0 Å². The molecule has 1 fully saturated rings. The number of methoxy groups -OCH3 is 1. The van der Waals surface area contributed by atoms with Crippen molar-refractivity contribution in [3.63, 3.8) is 0 Å². The molecule has 0 amide bonds. The largest absolute Gasteiger partial charge is 0.497 e. The molecule has 2 unspecified atom stereocenters. The predicted octanol–water partition coefficient (Wildman–Crippen LogP) is 1.57. The second-order valence-corrected chi connectivity index (χ2v) is 4.30. The Kier molecular flexibility index (Phi) is 3.80. The number of benzene rings is 1. The van der Waals surface area contributed by atoms with Crippen LogP contribution in [0.15, 0.2) is 24.3 Å². The van der Waals surface area contributed by atoms with E-state index in [0.29, 0.717) is 12.0 Å². The van der Waals surface area contributed by atoms with Crippen LogP contribution in [0, 0.1) is 5.92 Å². The van der Waals surface area contributed by atoms with Crippen molar-refractivity contribution < 1.29 is 4.74 Å². The Hall–Kier alpha value is -1.06. The molecule has 16 heavy (non-hydrogen) atoms. The van der Waals surface area contributed by atoms with Gasteiger partial charge >= 0.3 is 0 Å². The van der Waals surface area contributed by atoms with Crippen LogP contribution < -0.4 is 15.4 Å². The zero-order valence-electron chi connectivity index (χ0n) is 9.99. The second-order valence-electron chi connectivity index (χ2n) is 4.30. The highest BCUT2D eigenvalue weighted by Crippen LogP contribution is 2.28. The Balaban J connectivity index is 2.18. The molecule has 0 aliphatic carbocycles. The maximum absolute atomic E-state index is 5.27. The lowest BCUT2D eigenvalue weighted by molar-refractivity contribution is 0.398. The van der Waals surface area contributed by atoms with Crippen molar-refractivity contribution in [1.29, 1.82) is 0 Å². The van der Waals surface area contributed by atoms with E-state index in [0.717, 1.165) is 18.8 Å². The normalized spacial score (nSPS) is 22.0. The summed E-state index contributed by atoms with van der Waals surface area (Å²) in [5.41, 5.74) is 1.32. The summed E-state index contributed by atoms with van der Waals surface area (Å²) in [6, 6.07) is 8.76. The molecule has 0 bridgehead atoms. The number of nitrogens with one attached hydrogen (secondary N) is 2. The second kappa shape index (κ2) is 5.32. The standard InChI is InChI=1S/C13H20N2O/c1-14-13(11-6-7-15-9-11)10-4-3-5-12(8-10)16-2/h3-5,8,11,13-15H,6-7,9H2,1-2H3. The highest BCUT2D eigenvalue weighted by atomic mass is 16.5. The van der Waals surface area contributed by atoms with Crippen LogP contribution in [0.1, 0.15) is 18.0 Å². The lowest BCUT2D eigenvalue weighted by Crippen LogP contribution is -2.26. The van der Waals surface area contributed by atoms with Crippen LogP contribution in [0.5, 0.6) is 5.75 Å². The molecule has 3 heteroatoms. The third kappa shape index (κ3) is 2.36. The van der Waals surface area contributed by atoms with Crippen molar-refractivity contribution in [2.45, 2.75) is 12.5 Å². The summed E-state index contributed by atoms with van der Waals surface area (Å²) in [7, 11) is 3.74. The van der Waals surface area contributed by atoms with Crippen molar-refractivity contribution in [2.75, 3.05) is 27.2 Å². The van der Waals surface area contributed by atoms with Gasteiger partial charge in [-0.3, -0.25) is 0 Å². The van der Waals surface area contributed by atoms with Crippen molar-refractivity contribution in [1.82, 2.24) is 10.6 Å². The fourth-order valence-corrected chi connectivity index (χ4v) is 2.47. The summed E-state index contributed by atoms with van der Waals surface area (Å²) < 4.78 is 5.27. The summed E-state index contributed by atoms with van der Waals surface area (Å²) in [5, 5.41) is 6.83. The minimum absolute atomic E-state index is 0.421. The molecule has 1 aliphatic rings. The number of hydrogen-bond acceptors (Lipinski definition) is 3. The molecular formula is C13H20N2O. The number of rotatable bonds is 4. The van der Waals surface area contributed by atoms with Gasteiger partial charge in [0.15, 0.2) is 0 Å². The zero-order chi connectivity index (χ0) is 11.4. The molecule has 0 aromatic heterocycles. The van der Waals surface area contributed by atoms with E-state index in [1.54, 1.807) is 7.11 Å². The summed E-state index contributed by atoms with van der Waals surface area (Å²) in [6.07, 6.45) is 1.24. The molecular weight excluding hydrogens is 200 g/mol. The molecule has 0 spiro atoms. The number of ether oxygens (including phenoxy) is 1. The molecule has 1 aromatic carbocycles. The predicted molar refractivity (Wildman–Crippen MR) is 65.8 cm³/mol. The molecule has 2 atom stereocenters. The molecule has 1 saturated heterocycles. The third-order valence-electron chi connectivity index (χ3n) is 3.33. The first-order valence-electron chi connectivity index (χ1n) is 5.87. The molecule has 1 heterocycles. The van der Waals surface area contributed by atoms with Crippen LogP contribution in [-0.4, -0.2) is 27.2 Å². The monoisotopic (exact) mass is 220 g/mol. The van der Waals surface area contributed by atoms with Gasteiger partial charge < -0.3 is 15.4 Å². The first-order valence-corrected chi connectivity index (χ1v) is 5.87. The van der Waals surface area contributed by atoms with Crippen molar-refractivity contribution in [3.8, 4) is 5.75 Å². The summed E-state index contributed by atoms with van der Waals surface area (Å²) in [5.74, 6) is 1.61. The fourth-order valence-electron chi connectivity index (χ4n) is 2.47. The maximum atomic E-state index is 5.27.